The first-order chi connectivity index (χ1) is 14.8. The lowest BCUT2D eigenvalue weighted by molar-refractivity contribution is -0.0634. The minimum absolute atomic E-state index is 0.413. The van der Waals surface area contributed by atoms with Crippen molar-refractivity contribution in [2.75, 3.05) is 13.2 Å². The molecule has 3 fully saturated rings. The Bertz CT molecular complexity index is 641. The quantitative estimate of drug-likeness (QED) is 0.409. The van der Waals surface area contributed by atoms with Gasteiger partial charge < -0.3 is 10.5 Å². The molecular formula is C29H51NO. The van der Waals surface area contributed by atoms with Gasteiger partial charge in [0.1, 0.15) is 0 Å². The van der Waals surface area contributed by atoms with Crippen LogP contribution in [-0.2, 0) is 4.74 Å². The summed E-state index contributed by atoms with van der Waals surface area (Å²) in [5, 5.41) is 0. The maximum absolute atomic E-state index is 6.07. The van der Waals surface area contributed by atoms with Gasteiger partial charge in [-0.05, 0) is 97.7 Å². The molecule has 178 valence electrons. The fraction of sp³-hybridized carbons (Fsp3) is 0.931. The van der Waals surface area contributed by atoms with E-state index in [0.717, 1.165) is 48.5 Å². The molecule has 8 atom stereocenters. The minimum atomic E-state index is 0.413. The van der Waals surface area contributed by atoms with Crippen molar-refractivity contribution >= 4 is 0 Å². The molecule has 4 rings (SSSR count). The summed E-state index contributed by atoms with van der Waals surface area (Å²) >= 11 is 0. The van der Waals surface area contributed by atoms with Crippen LogP contribution in [0, 0.1) is 46.3 Å². The molecule has 0 aromatic carbocycles. The normalized spacial score (nSPS) is 43.2. The zero-order chi connectivity index (χ0) is 22.2. The SMILES string of the molecule is CC(C)CCC[C@@H](C)[C@H]1CCC2C3CC=C4CC(OCCN)CC[C@]4(C)C3CC[C@@]21C. The van der Waals surface area contributed by atoms with Crippen LogP contribution in [-0.4, -0.2) is 19.3 Å². The van der Waals surface area contributed by atoms with Crippen LogP contribution in [0.3, 0.4) is 0 Å². The second kappa shape index (κ2) is 9.49. The largest absolute Gasteiger partial charge is 0.377 e. The van der Waals surface area contributed by atoms with Gasteiger partial charge in [0.05, 0.1) is 12.7 Å². The molecule has 2 N–H and O–H groups in total. The van der Waals surface area contributed by atoms with Gasteiger partial charge in [0.2, 0.25) is 0 Å². The van der Waals surface area contributed by atoms with Gasteiger partial charge in [0.25, 0.3) is 0 Å². The molecule has 4 aliphatic carbocycles. The molecule has 0 aromatic rings. The third-order valence-corrected chi connectivity index (χ3v) is 10.7. The van der Waals surface area contributed by atoms with Gasteiger partial charge in [-0.1, -0.05) is 65.5 Å². The fourth-order valence-corrected chi connectivity index (χ4v) is 9.03. The Balaban J connectivity index is 1.45. The highest BCUT2D eigenvalue weighted by Crippen LogP contribution is 2.67. The molecule has 2 nitrogen and oxygen atoms in total. The van der Waals surface area contributed by atoms with E-state index in [4.69, 9.17) is 10.5 Å². The van der Waals surface area contributed by atoms with Crippen molar-refractivity contribution in [3.05, 3.63) is 11.6 Å². The monoisotopic (exact) mass is 429 g/mol. The Kier molecular flexibility index (Phi) is 7.29. The third kappa shape index (κ3) is 4.42. The Morgan fingerprint density at radius 2 is 1.84 bits per heavy atom. The zero-order valence-electron chi connectivity index (χ0n) is 21.3. The molecule has 0 spiro atoms. The predicted octanol–water partition coefficient (Wildman–Crippen LogP) is 7.37. The maximum Gasteiger partial charge on any atom is 0.0613 e. The number of rotatable bonds is 8. The van der Waals surface area contributed by atoms with Gasteiger partial charge in [0.15, 0.2) is 0 Å². The van der Waals surface area contributed by atoms with Crippen LogP contribution in [0.1, 0.15) is 105 Å². The van der Waals surface area contributed by atoms with E-state index >= 15 is 0 Å². The average Bonchev–Trinajstić information content (AvgIpc) is 3.09. The van der Waals surface area contributed by atoms with Crippen molar-refractivity contribution in [1.82, 2.24) is 0 Å². The van der Waals surface area contributed by atoms with E-state index in [9.17, 15) is 0 Å². The summed E-state index contributed by atoms with van der Waals surface area (Å²) in [6.07, 6.45) is 18.4. The highest BCUT2D eigenvalue weighted by atomic mass is 16.5. The molecule has 0 bridgehead atoms. The molecule has 4 unspecified atom stereocenters. The van der Waals surface area contributed by atoms with Gasteiger partial charge in [-0.15, -0.1) is 0 Å². The number of ether oxygens (including phenoxy) is 1. The van der Waals surface area contributed by atoms with Crippen LogP contribution in [0.25, 0.3) is 0 Å². The van der Waals surface area contributed by atoms with Gasteiger partial charge in [-0.2, -0.15) is 0 Å². The standard InChI is InChI=1S/C29H51NO/c1-20(2)7-6-8-21(3)25-11-12-26-24-10-9-22-19-23(31-18-17-30)13-15-28(22,4)27(24)14-16-29(25,26)5/h9,20-21,23-27H,6-8,10-19,30H2,1-5H3/t21-,23?,24?,25-,26?,27?,28+,29-/m1/s1. The summed E-state index contributed by atoms with van der Waals surface area (Å²) in [6, 6.07) is 0. The van der Waals surface area contributed by atoms with Gasteiger partial charge in [-0.3, -0.25) is 0 Å². The summed E-state index contributed by atoms with van der Waals surface area (Å²) in [7, 11) is 0. The van der Waals surface area contributed by atoms with Crippen LogP contribution in [0.2, 0.25) is 0 Å². The van der Waals surface area contributed by atoms with Gasteiger partial charge in [-0.25, -0.2) is 0 Å². The lowest BCUT2D eigenvalue weighted by atomic mass is 9.47. The summed E-state index contributed by atoms with van der Waals surface area (Å²) < 4.78 is 6.07. The van der Waals surface area contributed by atoms with Crippen LogP contribution < -0.4 is 5.73 Å². The van der Waals surface area contributed by atoms with Crippen molar-refractivity contribution in [3.63, 3.8) is 0 Å². The third-order valence-electron chi connectivity index (χ3n) is 10.7. The van der Waals surface area contributed by atoms with Crippen LogP contribution >= 0.6 is 0 Å². The van der Waals surface area contributed by atoms with Crippen molar-refractivity contribution in [2.24, 2.45) is 52.1 Å². The van der Waals surface area contributed by atoms with Crippen molar-refractivity contribution < 1.29 is 4.74 Å². The second-order valence-corrected chi connectivity index (χ2v) is 12.8. The van der Waals surface area contributed by atoms with E-state index in [1.165, 1.54) is 64.2 Å². The second-order valence-electron chi connectivity index (χ2n) is 12.8. The van der Waals surface area contributed by atoms with Gasteiger partial charge >= 0.3 is 0 Å². The molecule has 3 saturated carbocycles. The van der Waals surface area contributed by atoms with E-state index in [0.29, 0.717) is 23.5 Å². The first-order valence-corrected chi connectivity index (χ1v) is 13.8. The molecule has 0 saturated heterocycles. The number of nitrogens with two attached hydrogens (primary N) is 1. The number of allylic oxidation sites excluding steroid dienone is 1. The summed E-state index contributed by atoms with van der Waals surface area (Å²) in [6.45, 7) is 14.0. The first kappa shape index (κ1) is 23.8. The highest BCUT2D eigenvalue weighted by molar-refractivity contribution is 5.25. The lowest BCUT2D eigenvalue weighted by Crippen LogP contribution is -2.51. The Morgan fingerprint density at radius 1 is 1.03 bits per heavy atom. The lowest BCUT2D eigenvalue weighted by Gasteiger charge is -2.58. The van der Waals surface area contributed by atoms with Crippen LogP contribution in [0.15, 0.2) is 11.6 Å². The molecular weight excluding hydrogens is 378 g/mol. The molecule has 0 amide bonds. The summed E-state index contributed by atoms with van der Waals surface area (Å²) in [4.78, 5) is 0. The fourth-order valence-electron chi connectivity index (χ4n) is 9.03. The number of hydrogen-bond acceptors (Lipinski definition) is 2. The first-order valence-electron chi connectivity index (χ1n) is 13.8. The average molecular weight is 430 g/mol. The molecule has 0 aliphatic heterocycles. The molecule has 2 heteroatoms. The topological polar surface area (TPSA) is 35.2 Å². The van der Waals surface area contributed by atoms with Crippen molar-refractivity contribution in [1.29, 1.82) is 0 Å². The molecule has 0 heterocycles. The van der Waals surface area contributed by atoms with E-state index in [1.807, 2.05) is 0 Å². The van der Waals surface area contributed by atoms with Crippen molar-refractivity contribution in [2.45, 2.75) is 111 Å². The van der Waals surface area contributed by atoms with Gasteiger partial charge in [0, 0.05) is 6.54 Å². The number of hydrogen-bond donors (Lipinski definition) is 1. The van der Waals surface area contributed by atoms with Crippen molar-refractivity contribution in [3.8, 4) is 0 Å². The predicted molar refractivity (Wildman–Crippen MR) is 132 cm³/mol. The smallest absolute Gasteiger partial charge is 0.0613 e. The Hall–Kier alpha value is -0.340. The summed E-state index contributed by atoms with van der Waals surface area (Å²) in [5.74, 6) is 5.53. The minimum Gasteiger partial charge on any atom is -0.377 e. The Morgan fingerprint density at radius 3 is 2.58 bits per heavy atom. The highest BCUT2D eigenvalue weighted by Gasteiger charge is 2.59. The molecule has 0 radical (unpaired) electrons. The molecule has 4 aliphatic rings. The van der Waals surface area contributed by atoms with E-state index in [1.54, 1.807) is 5.57 Å². The van der Waals surface area contributed by atoms with E-state index < -0.39 is 0 Å². The maximum atomic E-state index is 6.07. The van der Waals surface area contributed by atoms with E-state index in [2.05, 4.69) is 40.7 Å². The Labute approximate surface area is 193 Å². The van der Waals surface area contributed by atoms with Crippen LogP contribution in [0.5, 0.6) is 0 Å². The number of fused-ring (bicyclic) bond motifs is 5. The summed E-state index contributed by atoms with van der Waals surface area (Å²) in [5.41, 5.74) is 8.46. The van der Waals surface area contributed by atoms with Crippen LogP contribution in [0.4, 0.5) is 0 Å². The molecule has 0 aromatic heterocycles. The zero-order valence-corrected chi connectivity index (χ0v) is 21.3. The van der Waals surface area contributed by atoms with E-state index in [-0.39, 0.29) is 0 Å². The molecule has 31 heavy (non-hydrogen) atoms.